The smallest absolute Gasteiger partial charge is 0.135 e. The lowest BCUT2D eigenvalue weighted by Crippen LogP contribution is -2.00. The van der Waals surface area contributed by atoms with Gasteiger partial charge in [0.15, 0.2) is 0 Å². The predicted octanol–water partition coefficient (Wildman–Crippen LogP) is 4.67. The molecule has 0 aliphatic carbocycles. The van der Waals surface area contributed by atoms with Gasteiger partial charge in [-0.05, 0) is 40.2 Å². The SMILES string of the molecule is COc1cc(-n2c(CCl)nc3ccc(F)cc32)ccc1Br. The number of fused-ring (bicyclic) bond motifs is 1. The molecule has 3 aromatic rings. The van der Waals surface area contributed by atoms with Crippen molar-refractivity contribution in [3.8, 4) is 11.4 Å². The van der Waals surface area contributed by atoms with Crippen LogP contribution in [0.4, 0.5) is 4.39 Å². The Kier molecular flexibility index (Phi) is 3.87. The van der Waals surface area contributed by atoms with E-state index in [4.69, 9.17) is 16.3 Å². The van der Waals surface area contributed by atoms with Crippen LogP contribution in [0.15, 0.2) is 40.9 Å². The van der Waals surface area contributed by atoms with Crippen LogP contribution >= 0.6 is 27.5 Å². The maximum atomic E-state index is 13.5. The van der Waals surface area contributed by atoms with Crippen molar-refractivity contribution in [2.24, 2.45) is 0 Å². The first-order chi connectivity index (χ1) is 10.1. The molecule has 0 aliphatic heterocycles. The second-order valence-corrected chi connectivity index (χ2v) is 5.57. The van der Waals surface area contributed by atoms with Crippen LogP contribution < -0.4 is 4.74 Å². The number of ether oxygens (including phenoxy) is 1. The monoisotopic (exact) mass is 368 g/mol. The van der Waals surface area contributed by atoms with Gasteiger partial charge in [-0.25, -0.2) is 9.37 Å². The largest absolute Gasteiger partial charge is 0.495 e. The molecule has 0 N–H and O–H groups in total. The fourth-order valence-corrected chi connectivity index (χ4v) is 2.85. The molecule has 3 rings (SSSR count). The molecule has 0 saturated heterocycles. The molecule has 0 bridgehead atoms. The molecule has 0 unspecified atom stereocenters. The first-order valence-electron chi connectivity index (χ1n) is 6.21. The minimum atomic E-state index is -0.311. The predicted molar refractivity (Wildman–Crippen MR) is 84.8 cm³/mol. The quantitative estimate of drug-likeness (QED) is 0.627. The summed E-state index contributed by atoms with van der Waals surface area (Å²) in [5.41, 5.74) is 2.20. The van der Waals surface area contributed by atoms with Gasteiger partial charge in [-0.3, -0.25) is 4.57 Å². The zero-order chi connectivity index (χ0) is 15.0. The Morgan fingerprint density at radius 2 is 2.10 bits per heavy atom. The van der Waals surface area contributed by atoms with Crippen molar-refractivity contribution in [1.29, 1.82) is 0 Å². The number of alkyl halides is 1. The molecule has 1 heterocycles. The molecule has 0 saturated carbocycles. The van der Waals surface area contributed by atoms with E-state index in [2.05, 4.69) is 20.9 Å². The Hall–Kier alpha value is -1.59. The lowest BCUT2D eigenvalue weighted by Gasteiger charge is -2.10. The molecule has 3 nitrogen and oxygen atoms in total. The Labute approximate surface area is 134 Å². The zero-order valence-corrected chi connectivity index (χ0v) is 13.4. The Bertz CT molecular complexity index is 819. The Morgan fingerprint density at radius 1 is 1.29 bits per heavy atom. The lowest BCUT2D eigenvalue weighted by molar-refractivity contribution is 0.412. The maximum Gasteiger partial charge on any atom is 0.135 e. The number of hydrogen-bond acceptors (Lipinski definition) is 2. The van der Waals surface area contributed by atoms with Gasteiger partial charge in [-0.15, -0.1) is 11.6 Å². The lowest BCUT2D eigenvalue weighted by atomic mass is 10.2. The zero-order valence-electron chi connectivity index (χ0n) is 11.1. The molecular formula is C15H11BrClFN2O. The van der Waals surface area contributed by atoms with Crippen molar-refractivity contribution < 1.29 is 9.13 Å². The van der Waals surface area contributed by atoms with Crippen LogP contribution in [0.2, 0.25) is 0 Å². The molecule has 6 heteroatoms. The van der Waals surface area contributed by atoms with E-state index in [0.29, 0.717) is 22.6 Å². The summed E-state index contributed by atoms with van der Waals surface area (Å²) in [6.45, 7) is 0. The van der Waals surface area contributed by atoms with Crippen LogP contribution in [-0.2, 0) is 5.88 Å². The third-order valence-electron chi connectivity index (χ3n) is 3.20. The second kappa shape index (κ2) is 5.66. The average Bonchev–Trinajstić information content (AvgIpc) is 2.85. The van der Waals surface area contributed by atoms with Gasteiger partial charge in [0.05, 0.1) is 34.2 Å². The summed E-state index contributed by atoms with van der Waals surface area (Å²) < 4.78 is 21.5. The van der Waals surface area contributed by atoms with Crippen LogP contribution in [-0.4, -0.2) is 16.7 Å². The number of methoxy groups -OCH3 is 1. The maximum absolute atomic E-state index is 13.5. The van der Waals surface area contributed by atoms with Crippen molar-refractivity contribution >= 4 is 38.6 Å². The summed E-state index contributed by atoms with van der Waals surface area (Å²) in [5.74, 6) is 1.26. The van der Waals surface area contributed by atoms with Gasteiger partial charge < -0.3 is 4.74 Å². The number of nitrogens with zero attached hydrogens (tertiary/aromatic N) is 2. The van der Waals surface area contributed by atoms with Crippen LogP contribution in [0.1, 0.15) is 5.82 Å². The van der Waals surface area contributed by atoms with E-state index in [1.165, 1.54) is 12.1 Å². The topological polar surface area (TPSA) is 27.1 Å². The van der Waals surface area contributed by atoms with Gasteiger partial charge in [-0.1, -0.05) is 0 Å². The summed E-state index contributed by atoms with van der Waals surface area (Å²) in [7, 11) is 1.60. The van der Waals surface area contributed by atoms with Gasteiger partial charge in [0.25, 0.3) is 0 Å². The fraction of sp³-hybridized carbons (Fsp3) is 0.133. The molecule has 0 atom stereocenters. The highest BCUT2D eigenvalue weighted by Crippen LogP contribution is 2.30. The molecule has 0 fully saturated rings. The molecule has 0 radical (unpaired) electrons. The first kappa shape index (κ1) is 14.4. The van der Waals surface area contributed by atoms with Gasteiger partial charge in [0, 0.05) is 12.1 Å². The number of imidazole rings is 1. The van der Waals surface area contributed by atoms with E-state index in [1.54, 1.807) is 13.2 Å². The van der Waals surface area contributed by atoms with E-state index in [-0.39, 0.29) is 11.7 Å². The number of aromatic nitrogens is 2. The molecule has 21 heavy (non-hydrogen) atoms. The highest BCUT2D eigenvalue weighted by Gasteiger charge is 2.14. The third kappa shape index (κ3) is 2.51. The molecule has 0 spiro atoms. The minimum absolute atomic E-state index is 0.231. The highest BCUT2D eigenvalue weighted by molar-refractivity contribution is 9.10. The van der Waals surface area contributed by atoms with Crippen molar-refractivity contribution in [2.75, 3.05) is 7.11 Å². The molecule has 0 amide bonds. The molecule has 108 valence electrons. The number of halogens is 3. The van der Waals surface area contributed by atoms with Gasteiger partial charge >= 0.3 is 0 Å². The Balaban J connectivity index is 2.30. The molecule has 1 aromatic heterocycles. The molecular weight excluding hydrogens is 359 g/mol. The van der Waals surface area contributed by atoms with Gasteiger partial charge in [0.2, 0.25) is 0 Å². The van der Waals surface area contributed by atoms with E-state index in [1.807, 2.05) is 22.8 Å². The Morgan fingerprint density at radius 3 is 2.81 bits per heavy atom. The fourth-order valence-electron chi connectivity index (χ4n) is 2.26. The summed E-state index contributed by atoms with van der Waals surface area (Å²) >= 11 is 9.40. The summed E-state index contributed by atoms with van der Waals surface area (Å²) in [6.07, 6.45) is 0. The van der Waals surface area contributed by atoms with Crippen molar-refractivity contribution in [3.63, 3.8) is 0 Å². The minimum Gasteiger partial charge on any atom is -0.495 e. The van der Waals surface area contributed by atoms with E-state index in [9.17, 15) is 4.39 Å². The van der Waals surface area contributed by atoms with E-state index >= 15 is 0 Å². The van der Waals surface area contributed by atoms with Gasteiger partial charge in [0.1, 0.15) is 17.4 Å². The molecule has 2 aromatic carbocycles. The molecule has 0 aliphatic rings. The third-order valence-corrected chi connectivity index (χ3v) is 4.09. The van der Waals surface area contributed by atoms with E-state index in [0.717, 1.165) is 10.2 Å². The number of hydrogen-bond donors (Lipinski definition) is 0. The summed E-state index contributed by atoms with van der Waals surface area (Å²) in [6, 6.07) is 10.1. The summed E-state index contributed by atoms with van der Waals surface area (Å²) in [4.78, 5) is 4.44. The van der Waals surface area contributed by atoms with E-state index < -0.39 is 0 Å². The van der Waals surface area contributed by atoms with Gasteiger partial charge in [-0.2, -0.15) is 0 Å². The normalized spacial score (nSPS) is 11.0. The van der Waals surface area contributed by atoms with Crippen molar-refractivity contribution in [1.82, 2.24) is 9.55 Å². The summed E-state index contributed by atoms with van der Waals surface area (Å²) in [5, 5.41) is 0. The van der Waals surface area contributed by atoms with Crippen LogP contribution in [0.5, 0.6) is 5.75 Å². The average molecular weight is 370 g/mol. The number of benzene rings is 2. The van der Waals surface area contributed by atoms with Crippen molar-refractivity contribution in [3.05, 3.63) is 52.5 Å². The van der Waals surface area contributed by atoms with Crippen LogP contribution in [0, 0.1) is 5.82 Å². The highest BCUT2D eigenvalue weighted by atomic mass is 79.9. The number of rotatable bonds is 3. The standard InChI is InChI=1S/C15H11BrClFN2O/c1-21-14-7-10(3-4-11(14)16)20-13-6-9(18)2-5-12(13)19-15(20)8-17/h2-7H,8H2,1H3. The van der Waals surface area contributed by atoms with Crippen LogP contribution in [0.3, 0.4) is 0 Å². The second-order valence-electron chi connectivity index (χ2n) is 4.45. The van der Waals surface area contributed by atoms with Crippen molar-refractivity contribution in [2.45, 2.75) is 5.88 Å². The first-order valence-corrected chi connectivity index (χ1v) is 7.53. The van der Waals surface area contributed by atoms with Crippen LogP contribution in [0.25, 0.3) is 16.7 Å².